The summed E-state index contributed by atoms with van der Waals surface area (Å²) in [7, 11) is 1.98. The first-order chi connectivity index (χ1) is 8.96. The average molecular weight is 268 g/mol. The number of β-amino-alcohol motifs (C(OH)–C–C–N with tert-alkyl or cyclic N) is 1. The van der Waals surface area contributed by atoms with Gasteiger partial charge in [-0.2, -0.15) is 0 Å². The van der Waals surface area contributed by atoms with Gasteiger partial charge in [-0.15, -0.1) is 0 Å². The molecule has 19 heavy (non-hydrogen) atoms. The third kappa shape index (κ3) is 3.69. The lowest BCUT2D eigenvalue weighted by Gasteiger charge is -2.41. The molecule has 1 aliphatic heterocycles. The summed E-state index contributed by atoms with van der Waals surface area (Å²) >= 11 is 0. The van der Waals surface area contributed by atoms with Crippen molar-refractivity contribution in [3.63, 3.8) is 0 Å². The van der Waals surface area contributed by atoms with Crippen LogP contribution in [-0.4, -0.2) is 47.2 Å². The van der Waals surface area contributed by atoms with E-state index in [-0.39, 0.29) is 11.4 Å². The standard InChI is InChI=1S/C15H28N2O2/c1-14(19)7-6-10-17(12-14)13(18)11-15(16-2)8-4-3-5-9-15/h16,19H,3-12H2,1-2H3. The van der Waals surface area contributed by atoms with Gasteiger partial charge in [-0.1, -0.05) is 19.3 Å². The summed E-state index contributed by atoms with van der Waals surface area (Å²) in [4.78, 5) is 14.4. The molecule has 4 heteroatoms. The molecule has 1 aliphatic carbocycles. The van der Waals surface area contributed by atoms with Gasteiger partial charge in [0.1, 0.15) is 0 Å². The minimum atomic E-state index is -0.701. The van der Waals surface area contributed by atoms with Crippen LogP contribution < -0.4 is 5.32 Å². The smallest absolute Gasteiger partial charge is 0.224 e. The minimum absolute atomic E-state index is 0.00135. The molecule has 1 atom stereocenters. The molecule has 0 spiro atoms. The maximum Gasteiger partial charge on any atom is 0.224 e. The summed E-state index contributed by atoms with van der Waals surface area (Å²) in [6.45, 7) is 3.13. The number of piperidine rings is 1. The molecule has 0 aromatic rings. The largest absolute Gasteiger partial charge is 0.388 e. The molecule has 2 fully saturated rings. The van der Waals surface area contributed by atoms with Gasteiger partial charge in [0.15, 0.2) is 0 Å². The van der Waals surface area contributed by atoms with E-state index in [0.717, 1.165) is 32.2 Å². The van der Waals surface area contributed by atoms with Gasteiger partial charge in [-0.3, -0.25) is 4.79 Å². The van der Waals surface area contributed by atoms with Crippen molar-refractivity contribution in [3.8, 4) is 0 Å². The highest BCUT2D eigenvalue weighted by Crippen LogP contribution is 2.32. The van der Waals surface area contributed by atoms with Crippen LogP contribution in [0.2, 0.25) is 0 Å². The molecule has 4 nitrogen and oxygen atoms in total. The van der Waals surface area contributed by atoms with Crippen molar-refractivity contribution >= 4 is 5.91 Å². The molecular formula is C15H28N2O2. The summed E-state index contributed by atoms with van der Waals surface area (Å²) in [5.41, 5.74) is -0.702. The predicted octanol–water partition coefficient (Wildman–Crippen LogP) is 1.67. The number of hydrogen-bond donors (Lipinski definition) is 2. The quantitative estimate of drug-likeness (QED) is 0.818. The van der Waals surface area contributed by atoms with E-state index >= 15 is 0 Å². The maximum atomic E-state index is 12.5. The first kappa shape index (κ1) is 14.8. The molecule has 1 saturated heterocycles. The summed E-state index contributed by atoms with van der Waals surface area (Å²) in [5.74, 6) is 0.205. The van der Waals surface area contributed by atoms with Gasteiger partial charge >= 0.3 is 0 Å². The molecule has 1 unspecified atom stereocenters. The van der Waals surface area contributed by atoms with Gasteiger partial charge in [-0.05, 0) is 39.7 Å². The Morgan fingerprint density at radius 2 is 1.89 bits per heavy atom. The topological polar surface area (TPSA) is 52.6 Å². The lowest BCUT2D eigenvalue weighted by Crippen LogP contribution is -2.53. The number of hydrogen-bond acceptors (Lipinski definition) is 3. The monoisotopic (exact) mass is 268 g/mol. The minimum Gasteiger partial charge on any atom is -0.388 e. The van der Waals surface area contributed by atoms with Gasteiger partial charge in [0.25, 0.3) is 0 Å². The molecule has 1 saturated carbocycles. The van der Waals surface area contributed by atoms with Crippen molar-refractivity contribution < 1.29 is 9.90 Å². The van der Waals surface area contributed by atoms with Crippen LogP contribution in [0.25, 0.3) is 0 Å². The molecule has 0 bridgehead atoms. The summed E-state index contributed by atoms with van der Waals surface area (Å²) < 4.78 is 0. The third-order valence-corrected chi connectivity index (χ3v) is 4.86. The zero-order valence-corrected chi connectivity index (χ0v) is 12.4. The molecule has 110 valence electrons. The Balaban J connectivity index is 1.95. The van der Waals surface area contributed by atoms with Crippen molar-refractivity contribution in [2.24, 2.45) is 0 Å². The predicted molar refractivity (Wildman–Crippen MR) is 75.9 cm³/mol. The third-order valence-electron chi connectivity index (χ3n) is 4.86. The Morgan fingerprint density at radius 3 is 2.47 bits per heavy atom. The first-order valence-corrected chi connectivity index (χ1v) is 7.66. The number of carbonyl (C=O) groups excluding carboxylic acids is 1. The highest BCUT2D eigenvalue weighted by Gasteiger charge is 2.37. The Labute approximate surface area is 116 Å². The van der Waals surface area contributed by atoms with Crippen LogP contribution in [0.15, 0.2) is 0 Å². The lowest BCUT2D eigenvalue weighted by atomic mass is 9.79. The molecule has 1 amide bonds. The maximum absolute atomic E-state index is 12.5. The zero-order valence-electron chi connectivity index (χ0n) is 12.4. The fraction of sp³-hybridized carbons (Fsp3) is 0.933. The van der Waals surface area contributed by atoms with E-state index in [4.69, 9.17) is 0 Å². The summed E-state index contributed by atoms with van der Waals surface area (Å²) in [6.07, 6.45) is 8.20. The van der Waals surface area contributed by atoms with Gasteiger partial charge in [0.2, 0.25) is 5.91 Å². The molecular weight excluding hydrogens is 240 g/mol. The fourth-order valence-corrected chi connectivity index (χ4v) is 3.58. The molecule has 2 rings (SSSR count). The normalized spacial score (nSPS) is 31.2. The van der Waals surface area contributed by atoms with E-state index in [1.807, 2.05) is 18.9 Å². The van der Waals surface area contributed by atoms with Gasteiger partial charge < -0.3 is 15.3 Å². The van der Waals surface area contributed by atoms with E-state index in [9.17, 15) is 9.90 Å². The molecule has 0 aromatic carbocycles. The molecule has 0 radical (unpaired) electrons. The second-order valence-corrected chi connectivity index (χ2v) is 6.68. The summed E-state index contributed by atoms with van der Waals surface area (Å²) in [6, 6.07) is 0. The number of carbonyl (C=O) groups is 1. The molecule has 1 heterocycles. The van der Waals surface area contributed by atoms with Crippen LogP contribution in [0, 0.1) is 0 Å². The second-order valence-electron chi connectivity index (χ2n) is 6.68. The van der Waals surface area contributed by atoms with Crippen molar-refractivity contribution in [1.29, 1.82) is 0 Å². The number of nitrogens with zero attached hydrogens (tertiary/aromatic N) is 1. The second kappa shape index (κ2) is 5.80. The fourth-order valence-electron chi connectivity index (χ4n) is 3.58. The number of aliphatic hydroxyl groups is 1. The number of nitrogens with one attached hydrogen (secondary N) is 1. The van der Waals surface area contributed by atoms with E-state index < -0.39 is 5.60 Å². The first-order valence-electron chi connectivity index (χ1n) is 7.66. The number of likely N-dealkylation sites (tertiary alicyclic amines) is 1. The van der Waals surface area contributed by atoms with Crippen LogP contribution in [0.5, 0.6) is 0 Å². The Bertz CT molecular complexity index is 322. The lowest BCUT2D eigenvalue weighted by molar-refractivity contribution is -0.139. The van der Waals surface area contributed by atoms with Crippen molar-refractivity contribution in [3.05, 3.63) is 0 Å². The van der Waals surface area contributed by atoms with Gasteiger partial charge in [0, 0.05) is 25.0 Å². The zero-order chi connectivity index (χ0) is 13.9. The molecule has 0 aromatic heterocycles. The van der Waals surface area contributed by atoms with Gasteiger partial charge in [-0.25, -0.2) is 0 Å². The van der Waals surface area contributed by atoms with E-state index in [0.29, 0.717) is 13.0 Å². The van der Waals surface area contributed by atoms with E-state index in [2.05, 4.69) is 5.32 Å². The van der Waals surface area contributed by atoms with Crippen molar-refractivity contribution in [2.75, 3.05) is 20.1 Å². The Hall–Kier alpha value is -0.610. The van der Waals surface area contributed by atoms with Gasteiger partial charge in [0.05, 0.1) is 5.60 Å². The van der Waals surface area contributed by atoms with E-state index in [1.165, 1.54) is 19.3 Å². The highest BCUT2D eigenvalue weighted by molar-refractivity contribution is 5.77. The number of rotatable bonds is 3. The average Bonchev–Trinajstić information content (AvgIpc) is 2.38. The van der Waals surface area contributed by atoms with Crippen LogP contribution >= 0.6 is 0 Å². The number of amides is 1. The van der Waals surface area contributed by atoms with Crippen LogP contribution in [0.1, 0.15) is 58.3 Å². The highest BCUT2D eigenvalue weighted by atomic mass is 16.3. The Kier molecular flexibility index (Phi) is 4.51. The van der Waals surface area contributed by atoms with Crippen molar-refractivity contribution in [1.82, 2.24) is 10.2 Å². The van der Waals surface area contributed by atoms with Crippen molar-refractivity contribution in [2.45, 2.75) is 69.4 Å². The molecule has 2 aliphatic rings. The van der Waals surface area contributed by atoms with Crippen LogP contribution in [0.3, 0.4) is 0 Å². The van der Waals surface area contributed by atoms with Crippen LogP contribution in [-0.2, 0) is 4.79 Å². The SMILES string of the molecule is CNC1(CC(=O)N2CCCC(C)(O)C2)CCCCC1. The van der Waals surface area contributed by atoms with E-state index in [1.54, 1.807) is 0 Å². The Morgan fingerprint density at radius 1 is 1.21 bits per heavy atom. The molecule has 2 N–H and O–H groups in total. The summed E-state index contributed by atoms with van der Waals surface area (Å²) in [5, 5.41) is 13.5. The van der Waals surface area contributed by atoms with Crippen LogP contribution in [0.4, 0.5) is 0 Å².